The lowest BCUT2D eigenvalue weighted by Crippen LogP contribution is -2.19. The van der Waals surface area contributed by atoms with Crippen molar-refractivity contribution in [2.75, 3.05) is 0 Å². The highest BCUT2D eigenvalue weighted by Crippen LogP contribution is 2.40. The summed E-state index contributed by atoms with van der Waals surface area (Å²) in [6, 6.07) is 13.1. The normalized spacial score (nSPS) is 18.6. The van der Waals surface area contributed by atoms with Gasteiger partial charge in [0.2, 0.25) is 0 Å². The molecule has 0 saturated heterocycles. The van der Waals surface area contributed by atoms with Crippen molar-refractivity contribution in [2.45, 2.75) is 24.9 Å². The summed E-state index contributed by atoms with van der Waals surface area (Å²) in [4.78, 5) is 0. The molecule has 1 nitrogen and oxygen atoms in total. The van der Waals surface area contributed by atoms with Gasteiger partial charge < -0.3 is 5.11 Å². The van der Waals surface area contributed by atoms with Gasteiger partial charge in [0.15, 0.2) is 0 Å². The van der Waals surface area contributed by atoms with Crippen molar-refractivity contribution in [3.63, 3.8) is 0 Å². The Morgan fingerprint density at radius 2 is 2.05 bits per heavy atom. The standard InChI is InChI=1S/C16H14BrFO/c17-14-6-5-11(8-15(14)18)16(19)9-12-7-10-3-1-2-4-13(10)12/h1-6,8,12,16,19H,7,9H2. The molecule has 1 aliphatic carbocycles. The van der Waals surface area contributed by atoms with E-state index in [1.165, 1.54) is 17.2 Å². The molecule has 1 aliphatic rings. The highest BCUT2D eigenvalue weighted by molar-refractivity contribution is 9.10. The van der Waals surface area contributed by atoms with E-state index in [0.29, 0.717) is 22.4 Å². The Bertz CT molecular complexity index is 611. The molecule has 0 radical (unpaired) electrons. The van der Waals surface area contributed by atoms with Gasteiger partial charge in [-0.05, 0) is 63.5 Å². The van der Waals surface area contributed by atoms with Crippen LogP contribution in [-0.2, 0) is 6.42 Å². The summed E-state index contributed by atoms with van der Waals surface area (Å²) < 4.78 is 13.9. The number of fused-ring (bicyclic) bond motifs is 1. The first-order valence-electron chi connectivity index (χ1n) is 6.36. The molecule has 1 N–H and O–H groups in total. The molecule has 98 valence electrons. The maximum atomic E-state index is 13.5. The third kappa shape index (κ3) is 2.45. The van der Waals surface area contributed by atoms with Gasteiger partial charge in [-0.1, -0.05) is 30.3 Å². The Morgan fingerprint density at radius 3 is 2.79 bits per heavy atom. The first kappa shape index (κ1) is 12.8. The van der Waals surface area contributed by atoms with Crippen molar-refractivity contribution < 1.29 is 9.50 Å². The molecule has 0 spiro atoms. The van der Waals surface area contributed by atoms with Crippen LogP contribution in [0.5, 0.6) is 0 Å². The molecular formula is C16H14BrFO. The molecule has 0 aromatic heterocycles. The van der Waals surface area contributed by atoms with Gasteiger partial charge in [0, 0.05) is 0 Å². The molecule has 0 amide bonds. The number of halogens is 2. The van der Waals surface area contributed by atoms with Crippen molar-refractivity contribution in [1.29, 1.82) is 0 Å². The third-order valence-corrected chi connectivity index (χ3v) is 4.44. The van der Waals surface area contributed by atoms with E-state index in [2.05, 4.69) is 28.1 Å². The fourth-order valence-electron chi connectivity index (χ4n) is 2.70. The molecule has 19 heavy (non-hydrogen) atoms. The molecule has 2 aromatic rings. The number of hydrogen-bond donors (Lipinski definition) is 1. The summed E-state index contributed by atoms with van der Waals surface area (Å²) in [5.74, 6) is 0.0588. The third-order valence-electron chi connectivity index (χ3n) is 3.80. The van der Waals surface area contributed by atoms with E-state index in [9.17, 15) is 9.50 Å². The Labute approximate surface area is 120 Å². The Hall–Kier alpha value is -1.19. The lowest BCUT2D eigenvalue weighted by molar-refractivity contribution is 0.153. The lowest BCUT2D eigenvalue weighted by Gasteiger charge is -2.31. The average Bonchev–Trinajstić information content (AvgIpc) is 2.39. The van der Waals surface area contributed by atoms with Crippen molar-refractivity contribution >= 4 is 15.9 Å². The van der Waals surface area contributed by atoms with Crippen LogP contribution in [0.2, 0.25) is 0 Å². The lowest BCUT2D eigenvalue weighted by atomic mass is 9.74. The molecular weight excluding hydrogens is 307 g/mol. The zero-order valence-electron chi connectivity index (χ0n) is 10.3. The second-order valence-electron chi connectivity index (χ2n) is 5.02. The van der Waals surface area contributed by atoms with E-state index in [-0.39, 0.29) is 5.82 Å². The Balaban J connectivity index is 1.73. The minimum Gasteiger partial charge on any atom is -0.388 e. The van der Waals surface area contributed by atoms with E-state index in [1.807, 2.05) is 12.1 Å². The largest absolute Gasteiger partial charge is 0.388 e. The first-order chi connectivity index (χ1) is 9.15. The smallest absolute Gasteiger partial charge is 0.137 e. The molecule has 0 bridgehead atoms. The van der Waals surface area contributed by atoms with Gasteiger partial charge in [0.05, 0.1) is 10.6 Å². The molecule has 0 heterocycles. The van der Waals surface area contributed by atoms with Gasteiger partial charge in [-0.3, -0.25) is 0 Å². The van der Waals surface area contributed by atoms with Gasteiger partial charge in [0.25, 0.3) is 0 Å². The van der Waals surface area contributed by atoms with Crippen LogP contribution in [0, 0.1) is 5.82 Å². The molecule has 3 rings (SSSR count). The Kier molecular flexibility index (Phi) is 3.42. The number of rotatable bonds is 3. The SMILES string of the molecule is OC(CC1Cc2ccccc21)c1ccc(Br)c(F)c1. The highest BCUT2D eigenvalue weighted by Gasteiger charge is 2.28. The molecule has 2 atom stereocenters. The van der Waals surface area contributed by atoms with E-state index >= 15 is 0 Å². The average molecular weight is 321 g/mol. The van der Waals surface area contributed by atoms with Crippen LogP contribution < -0.4 is 0 Å². The zero-order valence-corrected chi connectivity index (χ0v) is 11.9. The van der Waals surface area contributed by atoms with Crippen molar-refractivity contribution in [2.24, 2.45) is 0 Å². The van der Waals surface area contributed by atoms with Gasteiger partial charge >= 0.3 is 0 Å². The maximum absolute atomic E-state index is 13.5. The summed E-state index contributed by atoms with van der Waals surface area (Å²) in [5, 5.41) is 10.2. The number of aliphatic hydroxyl groups excluding tert-OH is 1. The minimum atomic E-state index is -0.610. The fourth-order valence-corrected chi connectivity index (χ4v) is 2.94. The summed E-state index contributed by atoms with van der Waals surface area (Å²) in [5.41, 5.74) is 3.32. The summed E-state index contributed by atoms with van der Waals surface area (Å²) in [6.07, 6.45) is 1.05. The van der Waals surface area contributed by atoms with Gasteiger partial charge in [-0.2, -0.15) is 0 Å². The van der Waals surface area contributed by atoms with E-state index in [4.69, 9.17) is 0 Å². The van der Waals surface area contributed by atoms with E-state index in [1.54, 1.807) is 12.1 Å². The van der Waals surface area contributed by atoms with Gasteiger partial charge in [-0.15, -0.1) is 0 Å². The summed E-state index contributed by atoms with van der Waals surface area (Å²) in [7, 11) is 0. The summed E-state index contributed by atoms with van der Waals surface area (Å²) >= 11 is 3.12. The van der Waals surface area contributed by atoms with Crippen LogP contribution in [-0.4, -0.2) is 5.11 Å². The second kappa shape index (κ2) is 5.06. The second-order valence-corrected chi connectivity index (χ2v) is 5.88. The fraction of sp³-hybridized carbons (Fsp3) is 0.250. The van der Waals surface area contributed by atoms with Crippen LogP contribution in [0.1, 0.15) is 35.1 Å². The Morgan fingerprint density at radius 1 is 1.26 bits per heavy atom. The predicted octanol–water partition coefficient (Wildman–Crippen LogP) is 4.35. The van der Waals surface area contributed by atoms with Crippen LogP contribution in [0.4, 0.5) is 4.39 Å². The highest BCUT2D eigenvalue weighted by atomic mass is 79.9. The number of hydrogen-bond acceptors (Lipinski definition) is 1. The van der Waals surface area contributed by atoms with Crippen LogP contribution in [0.3, 0.4) is 0 Å². The van der Waals surface area contributed by atoms with Crippen LogP contribution in [0.15, 0.2) is 46.9 Å². The van der Waals surface area contributed by atoms with E-state index in [0.717, 1.165) is 6.42 Å². The molecule has 0 saturated carbocycles. The molecule has 2 unspecified atom stereocenters. The topological polar surface area (TPSA) is 20.2 Å². The monoisotopic (exact) mass is 320 g/mol. The molecule has 0 fully saturated rings. The maximum Gasteiger partial charge on any atom is 0.137 e. The van der Waals surface area contributed by atoms with Crippen LogP contribution >= 0.6 is 15.9 Å². The van der Waals surface area contributed by atoms with Crippen molar-refractivity contribution in [1.82, 2.24) is 0 Å². The van der Waals surface area contributed by atoms with Gasteiger partial charge in [-0.25, -0.2) is 4.39 Å². The minimum absolute atomic E-state index is 0.328. The summed E-state index contributed by atoms with van der Waals surface area (Å²) in [6.45, 7) is 0. The molecule has 3 heteroatoms. The molecule has 0 aliphatic heterocycles. The number of benzene rings is 2. The van der Waals surface area contributed by atoms with Crippen molar-refractivity contribution in [3.8, 4) is 0 Å². The number of aliphatic hydroxyl groups is 1. The quantitative estimate of drug-likeness (QED) is 0.891. The van der Waals surface area contributed by atoms with Crippen LogP contribution in [0.25, 0.3) is 0 Å². The molecule has 2 aromatic carbocycles. The zero-order chi connectivity index (χ0) is 13.4. The van der Waals surface area contributed by atoms with E-state index < -0.39 is 6.10 Å². The van der Waals surface area contributed by atoms with Gasteiger partial charge in [0.1, 0.15) is 5.82 Å². The predicted molar refractivity (Wildman–Crippen MR) is 76.6 cm³/mol. The first-order valence-corrected chi connectivity index (χ1v) is 7.15. The van der Waals surface area contributed by atoms with Crippen molar-refractivity contribution in [3.05, 3.63) is 69.4 Å².